The number of benzene rings is 1. The third-order valence-electron chi connectivity index (χ3n) is 5.30. The minimum Gasteiger partial charge on any atom is -0.468 e. The van der Waals surface area contributed by atoms with Gasteiger partial charge in [-0.3, -0.25) is 24.0 Å². The number of hydroxylamine groups is 1. The van der Waals surface area contributed by atoms with Crippen molar-refractivity contribution in [2.24, 2.45) is 0 Å². The number of rotatable bonds is 9. The molecule has 0 amide bonds. The smallest absolute Gasteiger partial charge is 0.468 e. The predicted octanol–water partition coefficient (Wildman–Crippen LogP) is 2.36. The van der Waals surface area contributed by atoms with Gasteiger partial charge in [-0.05, 0) is 26.0 Å². The number of H-pyrrole nitrogens is 1. The van der Waals surface area contributed by atoms with Crippen LogP contribution in [0.2, 0.25) is 10.0 Å². The Bertz CT molecular complexity index is 1260. The van der Waals surface area contributed by atoms with Crippen LogP contribution in [0.25, 0.3) is 0 Å². The summed E-state index contributed by atoms with van der Waals surface area (Å²) in [5, 5.41) is 10.9. The summed E-state index contributed by atoms with van der Waals surface area (Å²) in [5.41, 5.74) is -4.15. The highest BCUT2D eigenvalue weighted by molar-refractivity contribution is 7.36. The molecule has 1 aliphatic heterocycles. The summed E-state index contributed by atoms with van der Waals surface area (Å²) >= 11 is 11.8. The van der Waals surface area contributed by atoms with Crippen molar-refractivity contribution in [3.05, 3.63) is 61.3 Å². The van der Waals surface area contributed by atoms with Crippen LogP contribution >= 0.6 is 31.4 Å². The number of halogens is 3. The molecular weight excluding hydrogens is 547 g/mol. The van der Waals surface area contributed by atoms with E-state index in [4.69, 9.17) is 37.3 Å². The van der Waals surface area contributed by atoms with Crippen molar-refractivity contribution < 1.29 is 37.7 Å². The van der Waals surface area contributed by atoms with Crippen LogP contribution in [0.15, 0.2) is 40.1 Å². The average molecular weight is 569 g/mol. The molecule has 1 saturated heterocycles. The number of nitrogens with zero attached hydrogens (tertiary/aromatic N) is 2. The van der Waals surface area contributed by atoms with Gasteiger partial charge >= 0.3 is 19.8 Å². The minimum atomic E-state index is -2.91. The fourth-order valence-corrected chi connectivity index (χ4v) is 4.54. The molecule has 1 aliphatic rings. The summed E-state index contributed by atoms with van der Waals surface area (Å²) in [7, 11) is -1.80. The number of aromatic amines is 1. The topological polar surface area (TPSA) is 149 Å². The summed E-state index contributed by atoms with van der Waals surface area (Å²) < 4.78 is 44.6. The number of alkyl halides is 1. The Kier molecular flexibility index (Phi) is 8.88. The molecule has 2 unspecified atom stereocenters. The maximum absolute atomic E-state index is 15.4. The Labute approximate surface area is 214 Å². The first kappa shape index (κ1) is 28.2. The fraction of sp³-hybridized carbons (Fsp3) is 0.450. The van der Waals surface area contributed by atoms with Crippen molar-refractivity contribution >= 4 is 37.3 Å². The summed E-state index contributed by atoms with van der Waals surface area (Å²) in [6.07, 6.45) is -3.80. The van der Waals surface area contributed by atoms with E-state index in [0.717, 1.165) is 30.9 Å². The maximum atomic E-state index is 15.4. The molecule has 196 valence electrons. The van der Waals surface area contributed by atoms with Crippen molar-refractivity contribution in [1.29, 1.82) is 0 Å². The third kappa shape index (κ3) is 5.94. The lowest BCUT2D eigenvalue weighted by Gasteiger charge is -2.24. The van der Waals surface area contributed by atoms with Gasteiger partial charge in [0.05, 0.1) is 22.0 Å². The van der Waals surface area contributed by atoms with Crippen LogP contribution in [0, 0.1) is 0 Å². The molecule has 16 heteroatoms. The number of ether oxygens (including phenoxy) is 2. The second kappa shape index (κ2) is 11.3. The Hall–Kier alpha value is -2.38. The van der Waals surface area contributed by atoms with Crippen molar-refractivity contribution in [1.82, 2.24) is 14.4 Å². The zero-order valence-electron chi connectivity index (χ0n) is 19.1. The first-order valence-electron chi connectivity index (χ1n) is 10.3. The first-order valence-corrected chi connectivity index (χ1v) is 12.2. The van der Waals surface area contributed by atoms with Gasteiger partial charge in [0.25, 0.3) is 5.56 Å². The third-order valence-corrected chi connectivity index (χ3v) is 7.19. The molecule has 2 aromatic rings. The standard InChI is InChI=1S/C20H21Cl2FN3O9P/c1-10(17(29)32-3)26(36(31)35-11-4-5-12(21)13(22)8-11)33-9-14-16(28)20(2,23)18(34-14)25-7-6-15(27)24-19(25)30/h4-8,10,14,16,18,28H,9H2,1-3H3/p+1/t10?,14-,16-,18-,20-/m1/s1. The normalized spacial score (nSPS) is 25.0. The van der Waals surface area contributed by atoms with Crippen LogP contribution in [0.3, 0.4) is 0 Å². The van der Waals surface area contributed by atoms with Crippen molar-refractivity contribution in [3.8, 4) is 5.75 Å². The first-order chi connectivity index (χ1) is 16.9. The summed E-state index contributed by atoms with van der Waals surface area (Å²) in [4.78, 5) is 43.6. The lowest BCUT2D eigenvalue weighted by molar-refractivity contribution is -0.179. The van der Waals surface area contributed by atoms with Gasteiger partial charge in [0.15, 0.2) is 23.7 Å². The number of methoxy groups -OCH3 is 1. The average Bonchev–Trinajstić information content (AvgIpc) is 3.04. The zero-order valence-corrected chi connectivity index (χ0v) is 21.5. The van der Waals surface area contributed by atoms with E-state index in [2.05, 4.69) is 4.74 Å². The largest absolute Gasteiger partial charge is 0.693 e. The van der Waals surface area contributed by atoms with Gasteiger partial charge in [-0.2, -0.15) is 0 Å². The van der Waals surface area contributed by atoms with Gasteiger partial charge < -0.3 is 14.6 Å². The van der Waals surface area contributed by atoms with E-state index in [9.17, 15) is 24.1 Å². The van der Waals surface area contributed by atoms with E-state index < -0.39 is 62.2 Å². The van der Waals surface area contributed by atoms with Crippen LogP contribution < -0.4 is 15.8 Å². The highest BCUT2D eigenvalue weighted by atomic mass is 35.5. The van der Waals surface area contributed by atoms with Crippen LogP contribution in [-0.2, 0) is 23.7 Å². The number of hydrogen-bond donors (Lipinski definition) is 2. The monoisotopic (exact) mass is 568 g/mol. The predicted molar refractivity (Wildman–Crippen MR) is 125 cm³/mol. The molecule has 3 rings (SSSR count). The Morgan fingerprint density at radius 2 is 2.06 bits per heavy atom. The Balaban J connectivity index is 1.79. The Morgan fingerprint density at radius 3 is 2.67 bits per heavy atom. The summed E-state index contributed by atoms with van der Waals surface area (Å²) in [6, 6.07) is 3.80. The molecule has 1 aromatic heterocycles. The molecule has 2 N–H and O–H groups in total. The van der Waals surface area contributed by atoms with Gasteiger partial charge in [0, 0.05) is 22.9 Å². The lowest BCUT2D eigenvalue weighted by Crippen LogP contribution is -2.44. The highest BCUT2D eigenvalue weighted by Gasteiger charge is 2.56. The number of aliphatic hydroxyl groups is 1. The number of aromatic nitrogens is 2. The van der Waals surface area contributed by atoms with Crippen LogP contribution in [0.5, 0.6) is 5.75 Å². The lowest BCUT2D eigenvalue weighted by atomic mass is 9.98. The van der Waals surface area contributed by atoms with Crippen LogP contribution in [0.1, 0.15) is 20.1 Å². The van der Waals surface area contributed by atoms with E-state index in [1.54, 1.807) is 0 Å². The van der Waals surface area contributed by atoms with Gasteiger partial charge in [-0.25, -0.2) is 13.7 Å². The summed E-state index contributed by atoms with van der Waals surface area (Å²) in [6.45, 7) is 1.70. The van der Waals surface area contributed by atoms with E-state index >= 15 is 4.39 Å². The van der Waals surface area contributed by atoms with Crippen molar-refractivity contribution in [3.63, 3.8) is 0 Å². The van der Waals surface area contributed by atoms with Gasteiger partial charge in [0.2, 0.25) is 0 Å². The minimum absolute atomic E-state index is 0.0437. The quantitative estimate of drug-likeness (QED) is 0.262. The number of esters is 1. The van der Waals surface area contributed by atoms with Crippen molar-refractivity contribution in [2.45, 2.75) is 44.0 Å². The molecular formula is C20H22Cl2FN3O9P+. The number of aliphatic hydroxyl groups excluding tert-OH is 1. The molecule has 0 radical (unpaired) electrons. The molecule has 12 nitrogen and oxygen atoms in total. The van der Waals surface area contributed by atoms with Crippen LogP contribution in [0.4, 0.5) is 4.39 Å². The molecule has 1 fully saturated rings. The van der Waals surface area contributed by atoms with E-state index in [1.807, 2.05) is 4.98 Å². The number of nitrogens with one attached hydrogen (secondary N) is 1. The Morgan fingerprint density at radius 1 is 1.36 bits per heavy atom. The SMILES string of the molecule is COC(=O)C(C)N(OC[C@H]1O[C@@H](n2ccc(=O)[nH]c2=O)[C@](C)(F)[C@@H]1O)[P+](=O)Oc1ccc(Cl)c(Cl)c1. The molecule has 0 aliphatic carbocycles. The zero-order chi connectivity index (χ0) is 26.8. The van der Waals surface area contributed by atoms with Crippen molar-refractivity contribution in [2.75, 3.05) is 13.7 Å². The van der Waals surface area contributed by atoms with E-state index in [1.165, 1.54) is 25.1 Å². The van der Waals surface area contributed by atoms with Gasteiger partial charge in [-0.1, -0.05) is 23.2 Å². The van der Waals surface area contributed by atoms with Gasteiger partial charge in [0.1, 0.15) is 18.8 Å². The molecule has 1 aromatic carbocycles. The molecule has 36 heavy (non-hydrogen) atoms. The fourth-order valence-electron chi connectivity index (χ4n) is 3.34. The number of hydrogen-bond acceptors (Lipinski definition) is 9. The maximum Gasteiger partial charge on any atom is 0.693 e. The number of carbonyl (C=O) groups is 1. The molecule has 2 heterocycles. The highest BCUT2D eigenvalue weighted by Crippen LogP contribution is 2.42. The number of carbonyl (C=O) groups excluding carboxylic acids is 1. The second-order valence-corrected chi connectivity index (χ2v) is 9.71. The molecule has 6 atom stereocenters. The molecule has 0 spiro atoms. The van der Waals surface area contributed by atoms with E-state index in [0.29, 0.717) is 4.83 Å². The van der Waals surface area contributed by atoms with Crippen LogP contribution in [-0.4, -0.2) is 63.1 Å². The van der Waals surface area contributed by atoms with Gasteiger partial charge in [-0.15, -0.1) is 0 Å². The molecule has 0 bridgehead atoms. The second-order valence-electron chi connectivity index (χ2n) is 7.84. The summed E-state index contributed by atoms with van der Waals surface area (Å²) in [5.74, 6) is -0.792. The van der Waals surface area contributed by atoms with E-state index in [-0.39, 0.29) is 15.8 Å². The molecule has 0 saturated carbocycles.